The minimum Gasteiger partial charge on any atom is -0.383 e. The maximum Gasteiger partial charge on any atom is 0.126 e. The second-order valence-corrected chi connectivity index (χ2v) is 5.20. The molecule has 0 bridgehead atoms. The van der Waals surface area contributed by atoms with Gasteiger partial charge in [0.1, 0.15) is 5.82 Å². The normalized spacial score (nSPS) is 12.5. The van der Waals surface area contributed by atoms with Crippen LogP contribution in [0.25, 0.3) is 0 Å². The molecule has 0 fully saturated rings. The van der Waals surface area contributed by atoms with E-state index < -0.39 is 0 Å². The largest absolute Gasteiger partial charge is 0.383 e. The lowest BCUT2D eigenvalue weighted by molar-refractivity contribution is 0.138. The minimum absolute atomic E-state index is 0.107. The van der Waals surface area contributed by atoms with Gasteiger partial charge >= 0.3 is 0 Å². The van der Waals surface area contributed by atoms with Crippen LogP contribution in [-0.2, 0) is 15.9 Å². The van der Waals surface area contributed by atoms with E-state index in [9.17, 15) is 4.39 Å². The highest BCUT2D eigenvalue weighted by Gasteiger charge is 2.12. The molecule has 0 saturated carbocycles. The molecule has 1 aromatic rings. The minimum atomic E-state index is -0.107. The Kier molecular flexibility index (Phi) is 10.0. The highest BCUT2D eigenvalue weighted by Crippen LogP contribution is 2.16. The van der Waals surface area contributed by atoms with Crippen LogP contribution in [0.3, 0.4) is 0 Å². The zero-order valence-electron chi connectivity index (χ0n) is 13.2. The molecule has 1 aromatic carbocycles. The van der Waals surface area contributed by atoms with E-state index in [1.165, 1.54) is 6.07 Å². The van der Waals surface area contributed by atoms with Crippen LogP contribution in [0.1, 0.15) is 25.3 Å². The van der Waals surface area contributed by atoms with Crippen molar-refractivity contribution in [3.05, 3.63) is 35.6 Å². The van der Waals surface area contributed by atoms with E-state index in [0.717, 1.165) is 51.1 Å². The lowest BCUT2D eigenvalue weighted by Gasteiger charge is -2.18. The number of ether oxygens (including phenoxy) is 2. The molecular formula is C17H28FNO2. The van der Waals surface area contributed by atoms with Crippen LogP contribution >= 0.6 is 0 Å². The Hall–Kier alpha value is -0.970. The van der Waals surface area contributed by atoms with Crippen LogP contribution < -0.4 is 5.32 Å². The summed E-state index contributed by atoms with van der Waals surface area (Å²) in [5.74, 6) is 0.309. The van der Waals surface area contributed by atoms with Crippen LogP contribution in [0, 0.1) is 11.7 Å². The molecule has 1 atom stereocenters. The van der Waals surface area contributed by atoms with Crippen molar-refractivity contribution >= 4 is 0 Å². The molecule has 0 aliphatic rings. The summed E-state index contributed by atoms with van der Waals surface area (Å²) in [6.45, 7) is 5.94. The van der Waals surface area contributed by atoms with Gasteiger partial charge in [0.15, 0.2) is 0 Å². The molecular weight excluding hydrogens is 269 g/mol. The summed E-state index contributed by atoms with van der Waals surface area (Å²) >= 11 is 0. The fraction of sp³-hybridized carbons (Fsp3) is 0.647. The van der Waals surface area contributed by atoms with Gasteiger partial charge in [0.2, 0.25) is 0 Å². The van der Waals surface area contributed by atoms with E-state index in [-0.39, 0.29) is 5.82 Å². The second kappa shape index (κ2) is 11.7. The monoisotopic (exact) mass is 297 g/mol. The molecule has 3 nitrogen and oxygen atoms in total. The van der Waals surface area contributed by atoms with E-state index in [2.05, 4.69) is 5.32 Å². The lowest BCUT2D eigenvalue weighted by Crippen LogP contribution is -2.27. The van der Waals surface area contributed by atoms with E-state index in [0.29, 0.717) is 12.5 Å². The van der Waals surface area contributed by atoms with Gasteiger partial charge in [-0.25, -0.2) is 4.39 Å². The van der Waals surface area contributed by atoms with Crippen LogP contribution in [0.4, 0.5) is 4.39 Å². The van der Waals surface area contributed by atoms with Crippen molar-refractivity contribution < 1.29 is 13.9 Å². The van der Waals surface area contributed by atoms with Crippen LogP contribution in [-0.4, -0.2) is 40.0 Å². The molecule has 0 radical (unpaired) electrons. The Bertz CT molecular complexity index is 362. The van der Waals surface area contributed by atoms with Gasteiger partial charge in [-0.1, -0.05) is 18.2 Å². The first-order valence-corrected chi connectivity index (χ1v) is 7.78. The van der Waals surface area contributed by atoms with Crippen LogP contribution in [0.5, 0.6) is 0 Å². The fourth-order valence-electron chi connectivity index (χ4n) is 2.35. The van der Waals surface area contributed by atoms with Gasteiger partial charge in [0.05, 0.1) is 6.61 Å². The average molecular weight is 297 g/mol. The molecule has 4 heteroatoms. The molecule has 0 saturated heterocycles. The summed E-state index contributed by atoms with van der Waals surface area (Å²) in [6.07, 6.45) is 2.81. The summed E-state index contributed by atoms with van der Waals surface area (Å²) in [5.41, 5.74) is 0.799. The maximum atomic E-state index is 13.8. The third-order valence-electron chi connectivity index (χ3n) is 3.49. The predicted octanol–water partition coefficient (Wildman–Crippen LogP) is 3.04. The van der Waals surface area contributed by atoms with Crippen molar-refractivity contribution in [2.24, 2.45) is 5.92 Å². The SMILES string of the molecule is CCOCCCC(CNCCOC)Cc1ccccc1F. The first-order valence-electron chi connectivity index (χ1n) is 7.78. The first kappa shape index (κ1) is 18.1. The Morgan fingerprint density at radius 1 is 1.24 bits per heavy atom. The number of benzene rings is 1. The number of rotatable bonds is 12. The third-order valence-corrected chi connectivity index (χ3v) is 3.49. The van der Waals surface area contributed by atoms with Gasteiger partial charge in [-0.05, 0) is 50.3 Å². The number of methoxy groups -OCH3 is 1. The van der Waals surface area contributed by atoms with Gasteiger partial charge in [0, 0.05) is 26.9 Å². The molecule has 0 spiro atoms. The standard InChI is InChI=1S/C17H28FNO2/c1-3-21-11-6-7-15(14-19-10-12-20-2)13-16-8-4-5-9-17(16)18/h4-5,8-9,15,19H,3,6-7,10-14H2,1-2H3. The zero-order valence-corrected chi connectivity index (χ0v) is 13.2. The lowest BCUT2D eigenvalue weighted by atomic mass is 9.94. The Balaban J connectivity index is 2.44. The van der Waals surface area contributed by atoms with Crippen LogP contribution in [0.15, 0.2) is 24.3 Å². The number of halogens is 1. The predicted molar refractivity (Wildman–Crippen MR) is 84.1 cm³/mol. The topological polar surface area (TPSA) is 30.5 Å². The van der Waals surface area contributed by atoms with Gasteiger partial charge < -0.3 is 14.8 Å². The van der Waals surface area contributed by atoms with Crippen LogP contribution in [0.2, 0.25) is 0 Å². The van der Waals surface area contributed by atoms with Gasteiger partial charge in [-0.2, -0.15) is 0 Å². The maximum absolute atomic E-state index is 13.8. The molecule has 120 valence electrons. The van der Waals surface area contributed by atoms with Gasteiger partial charge in [-0.3, -0.25) is 0 Å². The van der Waals surface area contributed by atoms with Crippen molar-refractivity contribution in [3.8, 4) is 0 Å². The second-order valence-electron chi connectivity index (χ2n) is 5.20. The molecule has 1 unspecified atom stereocenters. The van der Waals surface area contributed by atoms with Gasteiger partial charge in [0.25, 0.3) is 0 Å². The summed E-state index contributed by atoms with van der Waals surface area (Å²) in [7, 11) is 1.70. The summed E-state index contributed by atoms with van der Waals surface area (Å²) in [6, 6.07) is 7.04. The highest BCUT2D eigenvalue weighted by molar-refractivity contribution is 5.17. The van der Waals surface area contributed by atoms with E-state index in [1.807, 2.05) is 19.1 Å². The quantitative estimate of drug-likeness (QED) is 0.602. The molecule has 0 aliphatic carbocycles. The van der Waals surface area contributed by atoms with E-state index in [4.69, 9.17) is 9.47 Å². The zero-order chi connectivity index (χ0) is 15.3. The molecule has 21 heavy (non-hydrogen) atoms. The molecule has 0 amide bonds. The van der Waals surface area contributed by atoms with Crippen molar-refractivity contribution in [1.29, 1.82) is 0 Å². The Morgan fingerprint density at radius 3 is 2.76 bits per heavy atom. The molecule has 1 rings (SSSR count). The number of hydrogen-bond acceptors (Lipinski definition) is 3. The molecule has 0 aromatic heterocycles. The Morgan fingerprint density at radius 2 is 2.05 bits per heavy atom. The summed E-state index contributed by atoms with van der Waals surface area (Å²) < 4.78 is 24.2. The van der Waals surface area contributed by atoms with E-state index in [1.54, 1.807) is 13.2 Å². The van der Waals surface area contributed by atoms with Gasteiger partial charge in [-0.15, -0.1) is 0 Å². The summed E-state index contributed by atoms with van der Waals surface area (Å²) in [5, 5.41) is 3.38. The van der Waals surface area contributed by atoms with Crippen molar-refractivity contribution in [1.82, 2.24) is 5.32 Å². The number of hydrogen-bond donors (Lipinski definition) is 1. The highest BCUT2D eigenvalue weighted by atomic mass is 19.1. The number of nitrogens with one attached hydrogen (secondary N) is 1. The first-order chi connectivity index (χ1) is 10.3. The molecule has 0 aliphatic heterocycles. The van der Waals surface area contributed by atoms with Crippen molar-refractivity contribution in [2.75, 3.05) is 40.0 Å². The molecule has 1 N–H and O–H groups in total. The average Bonchev–Trinajstić information content (AvgIpc) is 2.50. The van der Waals surface area contributed by atoms with E-state index >= 15 is 0 Å². The smallest absolute Gasteiger partial charge is 0.126 e. The third kappa shape index (κ3) is 8.15. The van der Waals surface area contributed by atoms with Crippen molar-refractivity contribution in [2.45, 2.75) is 26.2 Å². The summed E-state index contributed by atoms with van der Waals surface area (Å²) in [4.78, 5) is 0. The molecule has 0 heterocycles. The fourth-order valence-corrected chi connectivity index (χ4v) is 2.35. The Labute approximate surface area is 127 Å². The van der Waals surface area contributed by atoms with Crippen molar-refractivity contribution in [3.63, 3.8) is 0 Å².